The summed E-state index contributed by atoms with van der Waals surface area (Å²) in [7, 11) is 1.79. The molecule has 3 heterocycles. The van der Waals surface area contributed by atoms with Gasteiger partial charge >= 0.3 is 0 Å². The van der Waals surface area contributed by atoms with Crippen LogP contribution < -0.4 is 5.32 Å². The van der Waals surface area contributed by atoms with Crippen LogP contribution in [-0.4, -0.2) is 39.4 Å². The highest BCUT2D eigenvalue weighted by Crippen LogP contribution is 2.12. The largest absolute Gasteiger partial charge is 0.381 e. The number of nitrogens with one attached hydrogen (secondary N) is 1. The molecule has 0 aliphatic rings. The van der Waals surface area contributed by atoms with Gasteiger partial charge in [-0.1, -0.05) is 6.07 Å². The molecule has 0 aromatic carbocycles. The van der Waals surface area contributed by atoms with Crippen LogP contribution >= 0.6 is 0 Å². The highest BCUT2D eigenvalue weighted by atomic mass is 16.2. The van der Waals surface area contributed by atoms with E-state index in [0.29, 0.717) is 18.8 Å². The Morgan fingerprint density at radius 1 is 1.04 bits per heavy atom. The lowest BCUT2D eigenvalue weighted by atomic mass is 10.2. The maximum Gasteiger partial charge on any atom is 0.272 e. The monoisotopic (exact) mass is 347 g/mol. The molecule has 3 aromatic rings. The van der Waals surface area contributed by atoms with Crippen molar-refractivity contribution in [3.05, 3.63) is 84.2 Å². The lowest BCUT2D eigenvalue weighted by molar-refractivity contribution is 0.0791. The summed E-state index contributed by atoms with van der Waals surface area (Å²) >= 11 is 0. The van der Waals surface area contributed by atoms with Crippen molar-refractivity contribution in [1.29, 1.82) is 0 Å². The molecule has 3 rings (SSSR count). The van der Waals surface area contributed by atoms with Crippen LogP contribution in [0.3, 0.4) is 0 Å². The Hall–Kier alpha value is -3.28. The zero-order valence-corrected chi connectivity index (χ0v) is 14.7. The first kappa shape index (κ1) is 17.5. The summed E-state index contributed by atoms with van der Waals surface area (Å²) in [5.74, 6) is -0.0934. The normalized spacial score (nSPS) is 10.3. The molecule has 0 fully saturated rings. The summed E-state index contributed by atoms with van der Waals surface area (Å²) < 4.78 is 0. The molecule has 0 atom stereocenters. The molecule has 3 aromatic heterocycles. The summed E-state index contributed by atoms with van der Waals surface area (Å²) in [5, 5.41) is 3.30. The van der Waals surface area contributed by atoms with Gasteiger partial charge < -0.3 is 10.2 Å². The van der Waals surface area contributed by atoms with Crippen molar-refractivity contribution in [2.45, 2.75) is 13.0 Å². The van der Waals surface area contributed by atoms with Crippen molar-refractivity contribution >= 4 is 11.6 Å². The molecular weight excluding hydrogens is 326 g/mol. The average molecular weight is 347 g/mol. The van der Waals surface area contributed by atoms with E-state index in [-0.39, 0.29) is 5.91 Å². The van der Waals surface area contributed by atoms with E-state index in [1.807, 2.05) is 36.5 Å². The SMILES string of the molecule is CN(CCc1ccncc1)C(=O)c1cc(NCc2cccnc2)ccn1. The third-order valence-corrected chi connectivity index (χ3v) is 4.03. The number of carbonyl (C=O) groups excluding carboxylic acids is 1. The standard InChI is InChI=1S/C20H21N5O/c1-25(12-7-16-4-9-21-10-5-16)20(26)19-13-18(6-11-23-19)24-15-17-3-2-8-22-14-17/h2-6,8-11,13-14H,7,12,15H2,1H3,(H,23,24). The summed E-state index contributed by atoms with van der Waals surface area (Å²) in [4.78, 5) is 26.6. The fourth-order valence-corrected chi connectivity index (χ4v) is 2.51. The van der Waals surface area contributed by atoms with E-state index in [0.717, 1.165) is 23.2 Å². The van der Waals surface area contributed by atoms with Gasteiger partial charge in [-0.15, -0.1) is 0 Å². The van der Waals surface area contributed by atoms with Crippen LogP contribution in [0.25, 0.3) is 0 Å². The number of carbonyl (C=O) groups is 1. The van der Waals surface area contributed by atoms with E-state index in [2.05, 4.69) is 20.3 Å². The van der Waals surface area contributed by atoms with Crippen LogP contribution in [0, 0.1) is 0 Å². The second-order valence-corrected chi connectivity index (χ2v) is 5.98. The van der Waals surface area contributed by atoms with Gasteiger partial charge in [0, 0.05) is 56.8 Å². The molecule has 1 N–H and O–H groups in total. The van der Waals surface area contributed by atoms with Crippen LogP contribution in [0.1, 0.15) is 21.6 Å². The first-order valence-electron chi connectivity index (χ1n) is 8.45. The van der Waals surface area contributed by atoms with Crippen molar-refractivity contribution in [1.82, 2.24) is 19.9 Å². The third-order valence-electron chi connectivity index (χ3n) is 4.03. The topological polar surface area (TPSA) is 71.0 Å². The Labute approximate surface area is 153 Å². The summed E-state index contributed by atoms with van der Waals surface area (Å²) in [5.41, 5.74) is 3.51. The second kappa shape index (κ2) is 8.71. The summed E-state index contributed by atoms with van der Waals surface area (Å²) in [6, 6.07) is 11.4. The van der Waals surface area contributed by atoms with Crippen LogP contribution in [0.2, 0.25) is 0 Å². The molecule has 0 aliphatic heterocycles. The van der Waals surface area contributed by atoms with E-state index in [9.17, 15) is 4.79 Å². The van der Waals surface area contributed by atoms with Crippen LogP contribution in [0.4, 0.5) is 5.69 Å². The Morgan fingerprint density at radius 2 is 1.88 bits per heavy atom. The molecule has 0 saturated carbocycles. The van der Waals surface area contributed by atoms with Gasteiger partial charge in [-0.05, 0) is 47.9 Å². The number of nitrogens with zero attached hydrogens (tertiary/aromatic N) is 4. The van der Waals surface area contributed by atoms with Gasteiger partial charge in [0.2, 0.25) is 0 Å². The lowest BCUT2D eigenvalue weighted by Gasteiger charge is -2.17. The van der Waals surface area contributed by atoms with E-state index in [1.54, 1.807) is 42.8 Å². The fraction of sp³-hybridized carbons (Fsp3) is 0.200. The predicted molar refractivity (Wildman–Crippen MR) is 101 cm³/mol. The van der Waals surface area contributed by atoms with Gasteiger partial charge in [0.05, 0.1) is 0 Å². The molecule has 0 aliphatic carbocycles. The molecule has 6 nitrogen and oxygen atoms in total. The predicted octanol–water partition coefficient (Wildman–Crippen LogP) is 2.80. The molecule has 0 saturated heterocycles. The molecule has 1 amide bonds. The van der Waals surface area contributed by atoms with Crippen molar-refractivity contribution in [2.24, 2.45) is 0 Å². The van der Waals surface area contributed by atoms with Gasteiger partial charge in [0.15, 0.2) is 0 Å². The smallest absolute Gasteiger partial charge is 0.272 e. The number of hydrogen-bond donors (Lipinski definition) is 1. The maximum atomic E-state index is 12.6. The van der Waals surface area contributed by atoms with Crippen LogP contribution in [0.15, 0.2) is 67.4 Å². The van der Waals surface area contributed by atoms with Crippen LogP contribution in [0.5, 0.6) is 0 Å². The third kappa shape index (κ3) is 4.86. The van der Waals surface area contributed by atoms with Gasteiger partial charge in [-0.3, -0.25) is 19.7 Å². The Morgan fingerprint density at radius 3 is 2.65 bits per heavy atom. The van der Waals surface area contributed by atoms with Crippen molar-refractivity contribution in [3.63, 3.8) is 0 Å². The second-order valence-electron chi connectivity index (χ2n) is 5.98. The number of likely N-dealkylation sites (N-methyl/N-ethyl adjacent to an activating group) is 1. The number of hydrogen-bond acceptors (Lipinski definition) is 5. The fourth-order valence-electron chi connectivity index (χ4n) is 2.51. The molecular formula is C20H21N5O. The van der Waals surface area contributed by atoms with Crippen molar-refractivity contribution < 1.29 is 4.79 Å². The number of aromatic nitrogens is 3. The maximum absolute atomic E-state index is 12.6. The summed E-state index contributed by atoms with van der Waals surface area (Å²) in [6.45, 7) is 1.27. The Balaban J connectivity index is 1.58. The quantitative estimate of drug-likeness (QED) is 0.712. The highest BCUT2D eigenvalue weighted by Gasteiger charge is 2.13. The minimum atomic E-state index is -0.0934. The highest BCUT2D eigenvalue weighted by molar-refractivity contribution is 5.92. The van der Waals surface area contributed by atoms with Gasteiger partial charge in [-0.25, -0.2) is 0 Å². The van der Waals surface area contributed by atoms with Gasteiger partial charge in [0.25, 0.3) is 5.91 Å². The molecule has 0 bridgehead atoms. The number of amides is 1. The first-order chi connectivity index (χ1) is 12.7. The van der Waals surface area contributed by atoms with E-state index >= 15 is 0 Å². The number of anilines is 1. The molecule has 0 unspecified atom stereocenters. The minimum absolute atomic E-state index is 0.0934. The number of pyridine rings is 3. The van der Waals surface area contributed by atoms with E-state index in [4.69, 9.17) is 0 Å². The minimum Gasteiger partial charge on any atom is -0.381 e. The number of rotatable bonds is 7. The molecule has 0 spiro atoms. The molecule has 0 radical (unpaired) electrons. The van der Waals surface area contributed by atoms with E-state index in [1.165, 1.54) is 0 Å². The Bertz CT molecular complexity index is 839. The van der Waals surface area contributed by atoms with E-state index < -0.39 is 0 Å². The van der Waals surface area contributed by atoms with Gasteiger partial charge in [-0.2, -0.15) is 0 Å². The van der Waals surface area contributed by atoms with Crippen molar-refractivity contribution in [3.8, 4) is 0 Å². The molecule has 132 valence electrons. The zero-order chi connectivity index (χ0) is 18.2. The first-order valence-corrected chi connectivity index (χ1v) is 8.45. The van der Waals surface area contributed by atoms with Crippen molar-refractivity contribution in [2.75, 3.05) is 18.9 Å². The molecule has 6 heteroatoms. The average Bonchev–Trinajstić information content (AvgIpc) is 2.71. The summed E-state index contributed by atoms with van der Waals surface area (Å²) in [6.07, 6.45) is 9.51. The van der Waals surface area contributed by atoms with Gasteiger partial charge in [0.1, 0.15) is 5.69 Å². The zero-order valence-electron chi connectivity index (χ0n) is 14.7. The van der Waals surface area contributed by atoms with Crippen LogP contribution in [-0.2, 0) is 13.0 Å². The molecule has 26 heavy (non-hydrogen) atoms. The Kier molecular flexibility index (Phi) is 5.88. The lowest BCUT2D eigenvalue weighted by Crippen LogP contribution is -2.29.